The highest BCUT2D eigenvalue weighted by Gasteiger charge is 2.25. The van der Waals surface area contributed by atoms with E-state index in [1.807, 2.05) is 36.1 Å². The predicted molar refractivity (Wildman–Crippen MR) is 82.3 cm³/mol. The fraction of sp³-hybridized carbons (Fsp3) is 0.562. The minimum atomic E-state index is -0.204. The molecule has 0 spiro atoms. The number of nitrogens with one attached hydrogen (secondary N) is 1. The molecule has 0 aromatic heterocycles. The van der Waals surface area contributed by atoms with Crippen molar-refractivity contribution in [3.8, 4) is 0 Å². The number of hydrogen-bond acceptors (Lipinski definition) is 4. The van der Waals surface area contributed by atoms with Crippen molar-refractivity contribution >= 4 is 11.6 Å². The van der Waals surface area contributed by atoms with Gasteiger partial charge in [0.2, 0.25) is 5.91 Å². The van der Waals surface area contributed by atoms with Gasteiger partial charge in [0.05, 0.1) is 25.4 Å². The minimum Gasteiger partial charge on any atom is -0.394 e. The molecule has 0 radical (unpaired) electrons. The molecule has 1 saturated heterocycles. The fourth-order valence-electron chi connectivity index (χ4n) is 2.64. The van der Waals surface area contributed by atoms with Gasteiger partial charge in [0, 0.05) is 18.8 Å². The zero-order valence-corrected chi connectivity index (χ0v) is 12.7. The summed E-state index contributed by atoms with van der Waals surface area (Å²) in [7, 11) is 0. The molecule has 2 atom stereocenters. The molecule has 5 nitrogen and oxygen atoms in total. The third-order valence-electron chi connectivity index (χ3n) is 3.59. The van der Waals surface area contributed by atoms with Gasteiger partial charge in [-0.25, -0.2) is 0 Å². The van der Waals surface area contributed by atoms with Crippen LogP contribution in [0.5, 0.6) is 0 Å². The highest BCUT2D eigenvalue weighted by atomic mass is 16.5. The monoisotopic (exact) mass is 292 g/mol. The molecule has 21 heavy (non-hydrogen) atoms. The number of aliphatic hydroxyl groups is 1. The number of aryl methyl sites for hydroxylation is 1. The third kappa shape index (κ3) is 4.81. The van der Waals surface area contributed by atoms with Crippen molar-refractivity contribution in [3.05, 3.63) is 29.8 Å². The van der Waals surface area contributed by atoms with Crippen LogP contribution in [0.2, 0.25) is 0 Å². The summed E-state index contributed by atoms with van der Waals surface area (Å²) < 4.78 is 5.57. The van der Waals surface area contributed by atoms with E-state index in [1.165, 1.54) is 5.56 Å². The van der Waals surface area contributed by atoms with Gasteiger partial charge < -0.3 is 15.2 Å². The lowest BCUT2D eigenvalue weighted by Crippen LogP contribution is -2.50. The first-order valence-corrected chi connectivity index (χ1v) is 7.48. The maximum absolute atomic E-state index is 12.1. The number of nitrogens with zero attached hydrogens (tertiary/aromatic N) is 1. The molecule has 0 saturated carbocycles. The normalized spacial score (nSPS) is 23.0. The molecule has 1 aliphatic rings. The van der Waals surface area contributed by atoms with Crippen LogP contribution in [0, 0.1) is 0 Å². The zero-order chi connectivity index (χ0) is 15.2. The van der Waals surface area contributed by atoms with Gasteiger partial charge >= 0.3 is 0 Å². The Morgan fingerprint density at radius 2 is 2.29 bits per heavy atom. The van der Waals surface area contributed by atoms with E-state index in [9.17, 15) is 9.90 Å². The summed E-state index contributed by atoms with van der Waals surface area (Å²) in [6.07, 6.45) is 0.778. The van der Waals surface area contributed by atoms with Crippen molar-refractivity contribution in [3.63, 3.8) is 0 Å². The summed E-state index contributed by atoms with van der Waals surface area (Å²) >= 11 is 0. The summed E-state index contributed by atoms with van der Waals surface area (Å²) in [4.78, 5) is 14.1. The minimum absolute atomic E-state index is 0.0129. The van der Waals surface area contributed by atoms with E-state index in [1.54, 1.807) is 0 Å². The second-order valence-corrected chi connectivity index (χ2v) is 5.55. The molecule has 2 N–H and O–H groups in total. The summed E-state index contributed by atoms with van der Waals surface area (Å²) in [5.74, 6) is -0.0333. The molecule has 0 aliphatic carbocycles. The van der Waals surface area contributed by atoms with Crippen LogP contribution in [0.4, 0.5) is 5.69 Å². The second kappa shape index (κ2) is 7.54. The second-order valence-electron chi connectivity index (χ2n) is 5.55. The van der Waals surface area contributed by atoms with Crippen LogP contribution in [-0.4, -0.2) is 54.4 Å². The van der Waals surface area contributed by atoms with Crippen LogP contribution in [0.3, 0.4) is 0 Å². The van der Waals surface area contributed by atoms with Gasteiger partial charge in [-0.05, 0) is 31.0 Å². The van der Waals surface area contributed by atoms with Crippen LogP contribution in [0.1, 0.15) is 19.4 Å². The average Bonchev–Trinajstić information content (AvgIpc) is 2.46. The Morgan fingerprint density at radius 1 is 1.48 bits per heavy atom. The van der Waals surface area contributed by atoms with Gasteiger partial charge in [-0.3, -0.25) is 9.69 Å². The average molecular weight is 292 g/mol. The van der Waals surface area contributed by atoms with E-state index in [0.29, 0.717) is 19.6 Å². The van der Waals surface area contributed by atoms with E-state index < -0.39 is 0 Å². The van der Waals surface area contributed by atoms with Crippen molar-refractivity contribution in [1.82, 2.24) is 4.90 Å². The van der Waals surface area contributed by atoms with Gasteiger partial charge in [0.15, 0.2) is 0 Å². The molecular weight excluding hydrogens is 268 g/mol. The molecule has 1 aliphatic heterocycles. The van der Waals surface area contributed by atoms with Gasteiger partial charge in [-0.15, -0.1) is 0 Å². The van der Waals surface area contributed by atoms with E-state index >= 15 is 0 Å². The maximum Gasteiger partial charge on any atom is 0.238 e. The lowest BCUT2D eigenvalue weighted by atomic mass is 10.1. The number of rotatable bonds is 5. The Kier molecular flexibility index (Phi) is 5.73. The number of carbonyl (C=O) groups excluding carboxylic acids is 1. The van der Waals surface area contributed by atoms with Gasteiger partial charge in [0.25, 0.3) is 0 Å². The Hall–Kier alpha value is -1.43. The highest BCUT2D eigenvalue weighted by molar-refractivity contribution is 5.92. The van der Waals surface area contributed by atoms with Crippen molar-refractivity contribution in [1.29, 1.82) is 0 Å². The topological polar surface area (TPSA) is 61.8 Å². The molecule has 0 bridgehead atoms. The van der Waals surface area contributed by atoms with Crippen LogP contribution in [0.15, 0.2) is 24.3 Å². The summed E-state index contributed by atoms with van der Waals surface area (Å²) in [6, 6.07) is 7.89. The Morgan fingerprint density at radius 3 is 3.00 bits per heavy atom. The van der Waals surface area contributed by atoms with E-state index in [4.69, 9.17) is 4.74 Å². The third-order valence-corrected chi connectivity index (χ3v) is 3.59. The number of benzene rings is 1. The van der Waals surface area contributed by atoms with Crippen LogP contribution >= 0.6 is 0 Å². The van der Waals surface area contributed by atoms with E-state index in [2.05, 4.69) is 12.2 Å². The SMILES string of the molecule is CCc1cccc(NC(=O)CN2CC(C)OC(CO)C2)c1. The van der Waals surface area contributed by atoms with Crippen molar-refractivity contribution < 1.29 is 14.6 Å². The Balaban J connectivity index is 1.88. The number of carbonyl (C=O) groups is 1. The first-order valence-electron chi connectivity index (χ1n) is 7.48. The summed E-state index contributed by atoms with van der Waals surface area (Å²) in [5, 5.41) is 12.1. The Bertz CT molecular complexity index is 478. The number of aliphatic hydroxyl groups excluding tert-OH is 1. The van der Waals surface area contributed by atoms with Crippen LogP contribution < -0.4 is 5.32 Å². The van der Waals surface area contributed by atoms with Crippen LogP contribution in [-0.2, 0) is 16.0 Å². The fourth-order valence-corrected chi connectivity index (χ4v) is 2.64. The number of amides is 1. The molecule has 1 amide bonds. The van der Waals surface area contributed by atoms with E-state index in [-0.39, 0.29) is 24.7 Å². The molecule has 2 rings (SSSR count). The van der Waals surface area contributed by atoms with Crippen molar-refractivity contribution in [2.24, 2.45) is 0 Å². The lowest BCUT2D eigenvalue weighted by molar-refractivity contribution is -0.124. The molecule has 1 aromatic carbocycles. The standard InChI is InChI=1S/C16H24N2O3/c1-3-13-5-4-6-14(7-13)17-16(20)10-18-8-12(2)21-15(9-18)11-19/h4-7,12,15,19H,3,8-11H2,1-2H3,(H,17,20). The number of ether oxygens (including phenoxy) is 1. The molecule has 5 heteroatoms. The zero-order valence-electron chi connectivity index (χ0n) is 12.7. The summed E-state index contributed by atoms with van der Waals surface area (Å²) in [5.41, 5.74) is 2.03. The predicted octanol–water partition coefficient (Wildman–Crippen LogP) is 1.27. The molecule has 2 unspecified atom stereocenters. The molecule has 1 aromatic rings. The summed E-state index contributed by atoms with van der Waals surface area (Å²) in [6.45, 7) is 5.65. The van der Waals surface area contributed by atoms with Crippen molar-refractivity contribution in [2.75, 3.05) is 31.6 Å². The lowest BCUT2D eigenvalue weighted by Gasteiger charge is -2.35. The molecule has 116 valence electrons. The Labute approximate surface area is 125 Å². The number of morpholine rings is 1. The molecule has 1 fully saturated rings. The molecular formula is C16H24N2O3. The number of hydrogen-bond donors (Lipinski definition) is 2. The van der Waals surface area contributed by atoms with Crippen LogP contribution in [0.25, 0.3) is 0 Å². The quantitative estimate of drug-likeness (QED) is 0.858. The maximum atomic E-state index is 12.1. The first kappa shape index (κ1) is 15.9. The smallest absolute Gasteiger partial charge is 0.238 e. The number of anilines is 1. The van der Waals surface area contributed by atoms with Crippen molar-refractivity contribution in [2.45, 2.75) is 32.5 Å². The van der Waals surface area contributed by atoms with Gasteiger partial charge in [-0.2, -0.15) is 0 Å². The largest absolute Gasteiger partial charge is 0.394 e. The van der Waals surface area contributed by atoms with E-state index in [0.717, 1.165) is 12.1 Å². The highest BCUT2D eigenvalue weighted by Crippen LogP contribution is 2.13. The first-order chi connectivity index (χ1) is 10.1. The van der Waals surface area contributed by atoms with Gasteiger partial charge in [0.1, 0.15) is 0 Å². The van der Waals surface area contributed by atoms with Gasteiger partial charge in [-0.1, -0.05) is 19.1 Å². The molecule has 1 heterocycles.